The fraction of sp³-hybridized carbons (Fsp3) is 0.692. The Morgan fingerprint density at radius 3 is 1.81 bits per heavy atom. The summed E-state index contributed by atoms with van der Waals surface area (Å²) < 4.78 is 16.7. The molecule has 0 saturated carbocycles. The average molecular weight is 451 g/mol. The summed E-state index contributed by atoms with van der Waals surface area (Å²) in [6.45, 7) is 11.1. The van der Waals surface area contributed by atoms with Gasteiger partial charge in [-0.2, -0.15) is 0 Å². The second kappa shape index (κ2) is 15.0. The number of hydrogen-bond donors (Lipinski definition) is 1. The van der Waals surface area contributed by atoms with E-state index in [-0.39, 0.29) is 23.2 Å². The molecule has 0 amide bonds. The number of carbonyl (C=O) groups is 2. The lowest BCUT2D eigenvalue weighted by molar-refractivity contribution is -0.147. The summed E-state index contributed by atoms with van der Waals surface area (Å²) in [4.78, 5) is 22.9. The average Bonchev–Trinajstić information content (AvgIpc) is 2.70. The van der Waals surface area contributed by atoms with Crippen LogP contribution in [0.3, 0.4) is 0 Å². The largest absolute Gasteiger partial charge is 0.481 e. The fourth-order valence-corrected chi connectivity index (χ4v) is 3.54. The van der Waals surface area contributed by atoms with E-state index in [1.165, 1.54) is 0 Å². The Hall–Kier alpha value is -1.92. The summed E-state index contributed by atoms with van der Waals surface area (Å²) >= 11 is 0. The molecule has 0 fully saturated rings. The van der Waals surface area contributed by atoms with Crippen molar-refractivity contribution in [3.05, 3.63) is 35.9 Å². The molecule has 1 N–H and O–H groups in total. The first kappa shape index (κ1) is 28.1. The third-order valence-corrected chi connectivity index (χ3v) is 5.36. The van der Waals surface area contributed by atoms with E-state index in [1.807, 2.05) is 44.2 Å². The summed E-state index contributed by atoms with van der Waals surface area (Å²) in [5, 5.41) is 8.89. The van der Waals surface area contributed by atoms with Crippen molar-refractivity contribution in [3.63, 3.8) is 0 Å². The van der Waals surface area contributed by atoms with Gasteiger partial charge < -0.3 is 19.3 Å². The molecule has 1 aromatic carbocycles. The molecule has 0 spiro atoms. The number of carboxylic acid groups (broad SMARTS) is 1. The van der Waals surface area contributed by atoms with E-state index in [4.69, 9.17) is 19.3 Å². The minimum atomic E-state index is -0.751. The van der Waals surface area contributed by atoms with Crippen molar-refractivity contribution in [3.8, 4) is 0 Å². The van der Waals surface area contributed by atoms with Crippen LogP contribution in [0.4, 0.5) is 0 Å². The van der Waals surface area contributed by atoms with Gasteiger partial charge in [0.15, 0.2) is 0 Å². The quantitative estimate of drug-likeness (QED) is 0.230. The van der Waals surface area contributed by atoms with E-state index >= 15 is 0 Å². The number of ether oxygens (including phenoxy) is 3. The Balaban J connectivity index is 1.99. The number of hydrogen-bond acceptors (Lipinski definition) is 5. The van der Waals surface area contributed by atoms with Crippen LogP contribution in [0.15, 0.2) is 30.3 Å². The van der Waals surface area contributed by atoms with Gasteiger partial charge >= 0.3 is 11.9 Å². The van der Waals surface area contributed by atoms with E-state index in [2.05, 4.69) is 13.8 Å². The van der Waals surface area contributed by atoms with Gasteiger partial charge in [-0.05, 0) is 48.5 Å². The predicted octanol–water partition coefficient (Wildman–Crippen LogP) is 5.63. The van der Waals surface area contributed by atoms with Crippen LogP contribution in [-0.2, 0) is 30.4 Å². The molecule has 0 saturated heterocycles. The molecule has 0 unspecified atom stereocenters. The molecule has 32 heavy (non-hydrogen) atoms. The highest BCUT2D eigenvalue weighted by Crippen LogP contribution is 2.28. The molecule has 6 nitrogen and oxygen atoms in total. The molecule has 0 atom stereocenters. The number of aliphatic carboxylic acids is 1. The highest BCUT2D eigenvalue weighted by atomic mass is 16.5. The summed E-state index contributed by atoms with van der Waals surface area (Å²) in [7, 11) is 0. The lowest BCUT2D eigenvalue weighted by Crippen LogP contribution is -2.19. The van der Waals surface area contributed by atoms with Crippen LogP contribution in [0, 0.1) is 10.8 Å². The van der Waals surface area contributed by atoms with Crippen LogP contribution in [0.25, 0.3) is 0 Å². The van der Waals surface area contributed by atoms with E-state index in [0.29, 0.717) is 39.5 Å². The topological polar surface area (TPSA) is 82.1 Å². The molecule has 0 aliphatic rings. The van der Waals surface area contributed by atoms with E-state index in [1.54, 1.807) is 0 Å². The molecule has 0 radical (unpaired) electrons. The molecule has 0 heterocycles. The molecule has 6 heteroatoms. The Morgan fingerprint density at radius 2 is 1.28 bits per heavy atom. The summed E-state index contributed by atoms with van der Waals surface area (Å²) in [6.07, 6.45) is 4.93. The zero-order valence-corrected chi connectivity index (χ0v) is 20.4. The maximum absolute atomic E-state index is 12.1. The second-order valence-corrected chi connectivity index (χ2v) is 10.0. The van der Waals surface area contributed by atoms with Crippen LogP contribution in [0.1, 0.15) is 78.2 Å². The monoisotopic (exact) mass is 450 g/mol. The summed E-state index contributed by atoms with van der Waals surface area (Å²) in [6, 6.07) is 9.71. The first-order chi connectivity index (χ1) is 15.1. The number of carbonyl (C=O) groups excluding carboxylic acids is 1. The van der Waals surface area contributed by atoms with E-state index in [0.717, 1.165) is 37.7 Å². The molecular formula is C26H42O6. The maximum atomic E-state index is 12.1. The Labute approximate surface area is 193 Å². The van der Waals surface area contributed by atoms with Gasteiger partial charge in [-0.15, -0.1) is 0 Å². The van der Waals surface area contributed by atoms with Crippen LogP contribution in [-0.4, -0.2) is 43.5 Å². The molecule has 0 aliphatic heterocycles. The number of rotatable bonds is 18. The molecular weight excluding hydrogens is 408 g/mol. The van der Waals surface area contributed by atoms with Crippen molar-refractivity contribution >= 4 is 11.9 Å². The van der Waals surface area contributed by atoms with Gasteiger partial charge in [-0.3, -0.25) is 9.59 Å². The highest BCUT2D eigenvalue weighted by Gasteiger charge is 2.23. The van der Waals surface area contributed by atoms with E-state index in [9.17, 15) is 9.59 Å². The van der Waals surface area contributed by atoms with Crippen molar-refractivity contribution < 1.29 is 28.9 Å². The van der Waals surface area contributed by atoms with E-state index < -0.39 is 5.97 Å². The van der Waals surface area contributed by atoms with Gasteiger partial charge in [0.2, 0.25) is 0 Å². The SMILES string of the molecule is CC(C)(CCCOCCCOCCCC(C)(C)CC(=O)OCc1ccccc1)CC(=O)O. The molecule has 0 aromatic heterocycles. The van der Waals surface area contributed by atoms with Crippen molar-refractivity contribution in [2.75, 3.05) is 26.4 Å². The van der Waals surface area contributed by atoms with Gasteiger partial charge in [0.05, 0.1) is 12.8 Å². The zero-order valence-electron chi connectivity index (χ0n) is 20.4. The molecule has 0 bridgehead atoms. The lowest BCUT2D eigenvalue weighted by Gasteiger charge is -2.23. The van der Waals surface area contributed by atoms with Gasteiger partial charge in [0.25, 0.3) is 0 Å². The Bertz CT molecular complexity index is 654. The lowest BCUT2D eigenvalue weighted by atomic mass is 9.84. The normalized spacial score (nSPS) is 12.0. The van der Waals surface area contributed by atoms with Crippen molar-refractivity contribution in [1.82, 2.24) is 0 Å². The number of esters is 1. The highest BCUT2D eigenvalue weighted by molar-refractivity contribution is 5.70. The van der Waals surface area contributed by atoms with Crippen molar-refractivity contribution in [2.45, 2.75) is 79.2 Å². The van der Waals surface area contributed by atoms with Gasteiger partial charge in [-0.25, -0.2) is 0 Å². The Morgan fingerprint density at radius 1 is 0.781 bits per heavy atom. The fourth-order valence-electron chi connectivity index (χ4n) is 3.54. The summed E-state index contributed by atoms with van der Waals surface area (Å²) in [5.41, 5.74) is 0.692. The zero-order chi connectivity index (χ0) is 23.9. The minimum Gasteiger partial charge on any atom is -0.481 e. The predicted molar refractivity (Wildman–Crippen MR) is 125 cm³/mol. The van der Waals surface area contributed by atoms with Crippen molar-refractivity contribution in [2.24, 2.45) is 10.8 Å². The first-order valence-electron chi connectivity index (χ1n) is 11.7. The molecule has 0 aliphatic carbocycles. The molecule has 1 aromatic rings. The van der Waals surface area contributed by atoms with Crippen LogP contribution < -0.4 is 0 Å². The van der Waals surface area contributed by atoms with Crippen LogP contribution in [0.2, 0.25) is 0 Å². The van der Waals surface area contributed by atoms with Gasteiger partial charge in [-0.1, -0.05) is 58.0 Å². The van der Waals surface area contributed by atoms with Gasteiger partial charge in [0, 0.05) is 26.4 Å². The minimum absolute atomic E-state index is 0.116. The van der Waals surface area contributed by atoms with Crippen molar-refractivity contribution in [1.29, 1.82) is 0 Å². The van der Waals surface area contributed by atoms with Crippen LogP contribution >= 0.6 is 0 Å². The first-order valence-corrected chi connectivity index (χ1v) is 11.7. The van der Waals surface area contributed by atoms with Gasteiger partial charge in [0.1, 0.15) is 6.61 Å². The molecule has 1 rings (SSSR count). The number of benzene rings is 1. The third kappa shape index (κ3) is 15.0. The van der Waals surface area contributed by atoms with Crippen LogP contribution in [0.5, 0.6) is 0 Å². The summed E-state index contributed by atoms with van der Waals surface area (Å²) in [5.74, 6) is -0.914. The number of carboxylic acids is 1. The Kier molecular flexibility index (Phi) is 13.2. The smallest absolute Gasteiger partial charge is 0.306 e. The third-order valence-electron chi connectivity index (χ3n) is 5.36. The second-order valence-electron chi connectivity index (χ2n) is 10.0. The maximum Gasteiger partial charge on any atom is 0.306 e. The molecule has 182 valence electrons. The standard InChI is InChI=1S/C26H42O6/c1-25(2,19-23(27)28)13-8-15-30-17-10-18-31-16-9-14-26(3,4)20-24(29)32-21-22-11-6-5-7-12-22/h5-7,11-12H,8-10,13-21H2,1-4H3,(H,27,28).